The zero-order valence-corrected chi connectivity index (χ0v) is 7.10. The van der Waals surface area contributed by atoms with Gasteiger partial charge < -0.3 is 4.90 Å². The molecule has 58 valence electrons. The molecule has 0 unspecified atom stereocenters. The first-order valence-electron chi connectivity index (χ1n) is 3.63. The molecule has 0 N–H and O–H groups in total. The maximum absolute atomic E-state index is 10.8. The van der Waals surface area contributed by atoms with Gasteiger partial charge >= 0.3 is 0 Å². The Morgan fingerprint density at radius 1 is 1.50 bits per heavy atom. The molecule has 0 aromatic rings. The lowest BCUT2D eigenvalue weighted by molar-refractivity contribution is -0.129. The summed E-state index contributed by atoms with van der Waals surface area (Å²) in [5.41, 5.74) is 0. The van der Waals surface area contributed by atoms with Gasteiger partial charge in [0, 0.05) is 25.3 Å². The largest absolute Gasteiger partial charge is 0.343 e. The lowest BCUT2D eigenvalue weighted by Gasteiger charge is -2.28. The van der Waals surface area contributed by atoms with E-state index in [0.29, 0.717) is 5.25 Å². The van der Waals surface area contributed by atoms with Crippen LogP contribution in [-0.2, 0) is 4.79 Å². The van der Waals surface area contributed by atoms with Crippen LogP contribution in [0.25, 0.3) is 0 Å². The van der Waals surface area contributed by atoms with Crippen LogP contribution in [0.3, 0.4) is 0 Å². The van der Waals surface area contributed by atoms with Crippen molar-refractivity contribution in [2.45, 2.75) is 25.0 Å². The van der Waals surface area contributed by atoms with Crippen molar-refractivity contribution >= 4 is 18.5 Å². The van der Waals surface area contributed by atoms with Gasteiger partial charge in [-0.25, -0.2) is 0 Å². The summed E-state index contributed by atoms with van der Waals surface area (Å²) >= 11 is 4.33. The van der Waals surface area contributed by atoms with E-state index in [9.17, 15) is 4.79 Å². The number of nitrogens with zero attached hydrogens (tertiary/aromatic N) is 1. The number of piperidine rings is 1. The number of hydrogen-bond acceptors (Lipinski definition) is 2. The molecule has 1 fully saturated rings. The number of thiol groups is 1. The minimum Gasteiger partial charge on any atom is -0.343 e. The number of carbonyl (C=O) groups is 1. The molecular formula is C7H13NOS. The third-order valence-corrected chi connectivity index (χ3v) is 2.43. The Balaban J connectivity index is 2.33. The number of rotatable bonds is 0. The summed E-state index contributed by atoms with van der Waals surface area (Å²) in [6.45, 7) is 3.41. The molecule has 1 aliphatic rings. The van der Waals surface area contributed by atoms with E-state index in [2.05, 4.69) is 12.6 Å². The first kappa shape index (κ1) is 7.92. The average molecular weight is 159 g/mol. The summed E-state index contributed by atoms with van der Waals surface area (Å²) in [6, 6.07) is 0. The molecule has 2 nitrogen and oxygen atoms in total. The second kappa shape index (κ2) is 3.28. The number of hydrogen-bond donors (Lipinski definition) is 1. The van der Waals surface area contributed by atoms with Crippen molar-refractivity contribution in [2.24, 2.45) is 0 Å². The van der Waals surface area contributed by atoms with Crippen LogP contribution in [0.4, 0.5) is 0 Å². The van der Waals surface area contributed by atoms with Crippen LogP contribution in [0.2, 0.25) is 0 Å². The first-order valence-corrected chi connectivity index (χ1v) is 4.15. The minimum absolute atomic E-state index is 0.195. The van der Waals surface area contributed by atoms with Crippen LogP contribution < -0.4 is 0 Å². The third-order valence-electron chi connectivity index (χ3n) is 1.91. The molecule has 3 heteroatoms. The van der Waals surface area contributed by atoms with Crippen molar-refractivity contribution in [1.29, 1.82) is 0 Å². The zero-order valence-electron chi connectivity index (χ0n) is 6.21. The smallest absolute Gasteiger partial charge is 0.219 e. The molecule has 1 heterocycles. The summed E-state index contributed by atoms with van der Waals surface area (Å²) in [7, 11) is 0. The minimum atomic E-state index is 0.195. The lowest BCUT2D eigenvalue weighted by atomic mass is 10.1. The summed E-state index contributed by atoms with van der Waals surface area (Å²) in [5, 5.41) is 0.510. The molecule has 0 aromatic carbocycles. The second-order valence-corrected chi connectivity index (χ2v) is 3.47. The van der Waals surface area contributed by atoms with Gasteiger partial charge in [0.15, 0.2) is 0 Å². The molecule has 10 heavy (non-hydrogen) atoms. The molecule has 0 radical (unpaired) electrons. The highest BCUT2D eigenvalue weighted by Crippen LogP contribution is 2.14. The standard InChI is InChI=1S/C7H13NOS/c1-6(9)8-4-2-7(10)3-5-8/h7,10H,2-5H2,1H3. The molecule has 0 aliphatic carbocycles. The van der Waals surface area contributed by atoms with Gasteiger partial charge in [-0.2, -0.15) is 12.6 Å². The van der Waals surface area contributed by atoms with E-state index in [1.165, 1.54) is 0 Å². The highest BCUT2D eigenvalue weighted by Gasteiger charge is 2.17. The molecule has 0 bridgehead atoms. The van der Waals surface area contributed by atoms with Crippen molar-refractivity contribution in [3.8, 4) is 0 Å². The molecule has 1 rings (SSSR count). The third kappa shape index (κ3) is 1.90. The normalized spacial score (nSPS) is 21.2. The predicted octanol–water partition coefficient (Wildman–Crippen LogP) is 0.927. The van der Waals surface area contributed by atoms with E-state index in [0.717, 1.165) is 25.9 Å². The monoisotopic (exact) mass is 159 g/mol. The fraction of sp³-hybridized carbons (Fsp3) is 0.857. The van der Waals surface area contributed by atoms with E-state index < -0.39 is 0 Å². The summed E-state index contributed by atoms with van der Waals surface area (Å²) in [6.07, 6.45) is 2.09. The van der Waals surface area contributed by atoms with Crippen LogP contribution in [0.1, 0.15) is 19.8 Å². The fourth-order valence-corrected chi connectivity index (χ4v) is 1.41. The van der Waals surface area contributed by atoms with Crippen LogP contribution in [-0.4, -0.2) is 29.1 Å². The van der Waals surface area contributed by atoms with Gasteiger partial charge in [0.1, 0.15) is 0 Å². The number of carbonyl (C=O) groups excluding carboxylic acids is 1. The Bertz CT molecular complexity index is 130. The lowest BCUT2D eigenvalue weighted by Crippen LogP contribution is -2.37. The molecule has 1 saturated heterocycles. The van der Waals surface area contributed by atoms with Crippen LogP contribution >= 0.6 is 12.6 Å². The van der Waals surface area contributed by atoms with Gasteiger partial charge in [-0.1, -0.05) is 0 Å². The summed E-state index contributed by atoms with van der Waals surface area (Å²) < 4.78 is 0. The quantitative estimate of drug-likeness (QED) is 0.521. The van der Waals surface area contributed by atoms with E-state index in [1.54, 1.807) is 6.92 Å². The zero-order chi connectivity index (χ0) is 7.56. The van der Waals surface area contributed by atoms with E-state index >= 15 is 0 Å². The van der Waals surface area contributed by atoms with Crippen molar-refractivity contribution in [1.82, 2.24) is 4.90 Å². The fourth-order valence-electron chi connectivity index (χ4n) is 1.18. The first-order chi connectivity index (χ1) is 4.70. The van der Waals surface area contributed by atoms with Gasteiger partial charge in [-0.3, -0.25) is 4.79 Å². The Labute approximate surface area is 67.0 Å². The topological polar surface area (TPSA) is 20.3 Å². The van der Waals surface area contributed by atoms with Crippen LogP contribution in [0, 0.1) is 0 Å². The molecule has 0 aromatic heterocycles. The molecule has 1 amide bonds. The average Bonchev–Trinajstić information content (AvgIpc) is 1.88. The maximum atomic E-state index is 10.8. The van der Waals surface area contributed by atoms with Crippen molar-refractivity contribution in [3.63, 3.8) is 0 Å². The van der Waals surface area contributed by atoms with Gasteiger partial charge in [-0.15, -0.1) is 0 Å². The Morgan fingerprint density at radius 2 is 2.00 bits per heavy atom. The van der Waals surface area contributed by atoms with Gasteiger partial charge in [-0.05, 0) is 12.8 Å². The molecular weight excluding hydrogens is 146 g/mol. The van der Waals surface area contributed by atoms with Crippen LogP contribution in [0.5, 0.6) is 0 Å². The second-order valence-electron chi connectivity index (χ2n) is 2.74. The molecule has 1 aliphatic heterocycles. The molecule has 0 saturated carbocycles. The van der Waals surface area contributed by atoms with Gasteiger partial charge in [0.05, 0.1) is 0 Å². The van der Waals surface area contributed by atoms with Crippen molar-refractivity contribution in [3.05, 3.63) is 0 Å². The van der Waals surface area contributed by atoms with Gasteiger partial charge in [0.25, 0.3) is 0 Å². The Hall–Kier alpha value is -0.180. The molecule has 0 spiro atoms. The van der Waals surface area contributed by atoms with E-state index in [-0.39, 0.29) is 5.91 Å². The Kier molecular flexibility index (Phi) is 2.60. The van der Waals surface area contributed by atoms with E-state index in [1.807, 2.05) is 4.90 Å². The SMILES string of the molecule is CC(=O)N1CCC(S)CC1. The predicted molar refractivity (Wildman–Crippen MR) is 44.3 cm³/mol. The van der Waals surface area contributed by atoms with E-state index in [4.69, 9.17) is 0 Å². The molecule has 0 atom stereocenters. The summed E-state index contributed by atoms with van der Waals surface area (Å²) in [4.78, 5) is 12.7. The summed E-state index contributed by atoms with van der Waals surface area (Å²) in [5.74, 6) is 0.195. The maximum Gasteiger partial charge on any atom is 0.219 e. The number of likely N-dealkylation sites (tertiary alicyclic amines) is 1. The van der Waals surface area contributed by atoms with Crippen molar-refractivity contribution in [2.75, 3.05) is 13.1 Å². The van der Waals surface area contributed by atoms with Gasteiger partial charge in [0.2, 0.25) is 5.91 Å². The Morgan fingerprint density at radius 3 is 2.40 bits per heavy atom. The number of amides is 1. The van der Waals surface area contributed by atoms with Crippen molar-refractivity contribution < 1.29 is 4.79 Å². The van der Waals surface area contributed by atoms with Crippen LogP contribution in [0.15, 0.2) is 0 Å². The highest BCUT2D eigenvalue weighted by atomic mass is 32.1. The highest BCUT2D eigenvalue weighted by molar-refractivity contribution is 7.80.